The van der Waals surface area contributed by atoms with Gasteiger partial charge in [0, 0.05) is 10.4 Å². The van der Waals surface area contributed by atoms with Crippen molar-refractivity contribution < 1.29 is 8.42 Å². The van der Waals surface area contributed by atoms with E-state index >= 15 is 0 Å². The number of hydrogen-bond donors (Lipinski definition) is 0. The van der Waals surface area contributed by atoms with E-state index in [-0.39, 0.29) is 5.25 Å². The van der Waals surface area contributed by atoms with Crippen molar-refractivity contribution in [3.8, 4) is 22.8 Å². The monoisotopic (exact) mass is 420 g/mol. The van der Waals surface area contributed by atoms with Crippen LogP contribution < -0.4 is 0 Å². The van der Waals surface area contributed by atoms with Crippen molar-refractivity contribution in [3.63, 3.8) is 0 Å². The molecule has 1 saturated carbocycles. The lowest BCUT2D eigenvalue weighted by molar-refractivity contribution is 0.484. The molecule has 0 bridgehead atoms. The molecular weight excluding hydrogens is 396 g/mol. The van der Waals surface area contributed by atoms with Gasteiger partial charge >= 0.3 is 0 Å². The summed E-state index contributed by atoms with van der Waals surface area (Å²) in [5.41, 5.74) is 4.30. The molecule has 3 aromatic rings. The highest BCUT2D eigenvalue weighted by molar-refractivity contribution is 7.94. The van der Waals surface area contributed by atoms with Gasteiger partial charge in [0.2, 0.25) is 0 Å². The standard InChI is InChI=1S/C25H24O2S2/c1-2-19-8-6-9-20(16-19)17-21-10-7-11-22(18-21)24-14-15-25(28-24)29(26,27)23-12-4-3-5-13-23/h1,6-11,14-16,18,23H,3-5,12-13,17H2. The third-order valence-corrected chi connectivity index (χ3v) is 9.49. The Hall–Kier alpha value is -2.35. The first-order chi connectivity index (χ1) is 14.1. The van der Waals surface area contributed by atoms with E-state index in [1.807, 2.05) is 36.4 Å². The zero-order chi connectivity index (χ0) is 20.3. The van der Waals surface area contributed by atoms with Crippen LogP contribution >= 0.6 is 11.3 Å². The fourth-order valence-corrected chi connectivity index (χ4v) is 7.43. The van der Waals surface area contributed by atoms with Crippen molar-refractivity contribution >= 4 is 21.2 Å². The van der Waals surface area contributed by atoms with Gasteiger partial charge in [0.15, 0.2) is 9.84 Å². The van der Waals surface area contributed by atoms with Crippen LogP contribution in [0.2, 0.25) is 0 Å². The maximum atomic E-state index is 13.0. The zero-order valence-electron chi connectivity index (χ0n) is 16.3. The van der Waals surface area contributed by atoms with E-state index in [1.54, 1.807) is 6.07 Å². The summed E-state index contributed by atoms with van der Waals surface area (Å²) in [6.45, 7) is 0. The van der Waals surface area contributed by atoms with Crippen LogP contribution in [-0.4, -0.2) is 13.7 Å². The number of thiophene rings is 1. The Labute approximate surface area is 177 Å². The minimum Gasteiger partial charge on any atom is -0.223 e. The highest BCUT2D eigenvalue weighted by Crippen LogP contribution is 2.36. The van der Waals surface area contributed by atoms with Gasteiger partial charge in [-0.2, -0.15) is 0 Å². The average Bonchev–Trinajstić information content (AvgIpc) is 3.26. The highest BCUT2D eigenvalue weighted by Gasteiger charge is 2.30. The molecule has 1 aromatic heterocycles. The molecule has 0 saturated heterocycles. The second-order valence-electron chi connectivity index (χ2n) is 7.65. The number of sulfone groups is 1. The predicted molar refractivity (Wildman–Crippen MR) is 121 cm³/mol. The Balaban J connectivity index is 1.57. The Morgan fingerprint density at radius 2 is 1.66 bits per heavy atom. The molecule has 1 aliphatic rings. The van der Waals surface area contributed by atoms with Gasteiger partial charge in [-0.15, -0.1) is 17.8 Å². The largest absolute Gasteiger partial charge is 0.223 e. The molecule has 0 aliphatic heterocycles. The molecule has 4 heteroatoms. The van der Waals surface area contributed by atoms with Crippen molar-refractivity contribution in [1.29, 1.82) is 0 Å². The van der Waals surface area contributed by atoms with Crippen molar-refractivity contribution in [3.05, 3.63) is 77.4 Å². The molecule has 2 aromatic carbocycles. The van der Waals surface area contributed by atoms with E-state index in [9.17, 15) is 8.42 Å². The molecular formula is C25H24O2S2. The molecule has 0 N–H and O–H groups in total. The van der Waals surface area contributed by atoms with E-state index in [2.05, 4.69) is 24.1 Å². The van der Waals surface area contributed by atoms with E-state index in [1.165, 1.54) is 22.5 Å². The zero-order valence-corrected chi connectivity index (χ0v) is 17.9. The third-order valence-electron chi connectivity index (χ3n) is 5.57. The first-order valence-corrected chi connectivity index (χ1v) is 12.4. The second-order valence-corrected chi connectivity index (χ2v) is 11.2. The molecule has 0 amide bonds. The highest BCUT2D eigenvalue weighted by atomic mass is 32.2. The van der Waals surface area contributed by atoms with E-state index in [0.29, 0.717) is 4.21 Å². The Morgan fingerprint density at radius 1 is 0.931 bits per heavy atom. The maximum Gasteiger partial charge on any atom is 0.190 e. The van der Waals surface area contributed by atoms with Crippen molar-refractivity contribution in [1.82, 2.24) is 0 Å². The molecule has 1 aliphatic carbocycles. The smallest absolute Gasteiger partial charge is 0.190 e. The van der Waals surface area contributed by atoms with Crippen LogP contribution in [0.1, 0.15) is 48.8 Å². The van der Waals surface area contributed by atoms with Crippen LogP contribution in [-0.2, 0) is 16.3 Å². The van der Waals surface area contributed by atoms with Gasteiger partial charge in [-0.25, -0.2) is 8.42 Å². The number of rotatable bonds is 5. The van der Waals surface area contributed by atoms with Crippen molar-refractivity contribution in [2.24, 2.45) is 0 Å². The molecule has 148 valence electrons. The predicted octanol–water partition coefficient (Wildman–Crippen LogP) is 6.09. The molecule has 1 fully saturated rings. The minimum atomic E-state index is -3.22. The number of hydrogen-bond acceptors (Lipinski definition) is 3. The van der Waals surface area contributed by atoms with Crippen molar-refractivity contribution in [2.75, 3.05) is 0 Å². The quantitative estimate of drug-likeness (QED) is 0.468. The SMILES string of the molecule is C#Cc1cccc(Cc2cccc(-c3ccc(S(=O)(=O)C4CCCCC4)s3)c2)c1. The number of benzene rings is 2. The van der Waals surface area contributed by atoms with E-state index in [4.69, 9.17) is 6.42 Å². The summed E-state index contributed by atoms with van der Waals surface area (Å²) < 4.78 is 26.5. The molecule has 0 spiro atoms. The normalized spacial score (nSPS) is 15.1. The molecule has 1 heterocycles. The molecule has 0 radical (unpaired) electrons. The lowest BCUT2D eigenvalue weighted by Crippen LogP contribution is -2.23. The number of terminal acetylenes is 1. The van der Waals surface area contributed by atoms with E-state index in [0.717, 1.165) is 54.5 Å². The summed E-state index contributed by atoms with van der Waals surface area (Å²) >= 11 is 1.39. The third kappa shape index (κ3) is 4.47. The molecule has 0 atom stereocenters. The first kappa shape index (κ1) is 19.9. The van der Waals surface area contributed by atoms with Gasteiger partial charge in [-0.3, -0.25) is 0 Å². The lowest BCUT2D eigenvalue weighted by Gasteiger charge is -2.20. The Kier molecular flexibility index (Phi) is 5.89. The van der Waals surface area contributed by atoms with Crippen LogP contribution in [0.3, 0.4) is 0 Å². The maximum absolute atomic E-state index is 13.0. The molecule has 4 rings (SSSR count). The summed E-state index contributed by atoms with van der Waals surface area (Å²) in [6, 6.07) is 20.1. The van der Waals surface area contributed by atoms with Crippen LogP contribution in [0.15, 0.2) is 64.9 Å². The van der Waals surface area contributed by atoms with Crippen LogP contribution in [0.4, 0.5) is 0 Å². The van der Waals surface area contributed by atoms with Crippen LogP contribution in [0.5, 0.6) is 0 Å². The van der Waals surface area contributed by atoms with Crippen LogP contribution in [0.25, 0.3) is 10.4 Å². The minimum absolute atomic E-state index is 0.211. The summed E-state index contributed by atoms with van der Waals surface area (Å²) in [4.78, 5) is 0.999. The van der Waals surface area contributed by atoms with E-state index < -0.39 is 9.84 Å². The van der Waals surface area contributed by atoms with Gasteiger partial charge in [0.25, 0.3) is 0 Å². The van der Waals surface area contributed by atoms with Crippen LogP contribution in [0, 0.1) is 12.3 Å². The Morgan fingerprint density at radius 3 is 2.41 bits per heavy atom. The van der Waals surface area contributed by atoms with Gasteiger partial charge in [0.05, 0.1) is 5.25 Å². The van der Waals surface area contributed by atoms with Gasteiger partial charge in [-0.1, -0.05) is 61.6 Å². The fraction of sp³-hybridized carbons (Fsp3) is 0.280. The molecule has 0 unspecified atom stereocenters. The van der Waals surface area contributed by atoms with Gasteiger partial charge < -0.3 is 0 Å². The Bertz CT molecular complexity index is 1140. The molecule has 29 heavy (non-hydrogen) atoms. The first-order valence-electron chi connectivity index (χ1n) is 10.0. The average molecular weight is 421 g/mol. The molecule has 2 nitrogen and oxygen atoms in total. The summed E-state index contributed by atoms with van der Waals surface area (Å²) in [7, 11) is -3.22. The lowest BCUT2D eigenvalue weighted by atomic mass is 10.0. The van der Waals surface area contributed by atoms with Crippen molar-refractivity contribution in [2.45, 2.75) is 48.0 Å². The second kappa shape index (κ2) is 8.57. The fourth-order valence-electron chi connectivity index (χ4n) is 4.01. The summed E-state index contributed by atoms with van der Waals surface area (Å²) in [5, 5.41) is -0.211. The topological polar surface area (TPSA) is 34.1 Å². The van der Waals surface area contributed by atoms with Gasteiger partial charge in [0.1, 0.15) is 4.21 Å². The summed E-state index contributed by atoms with van der Waals surface area (Å²) in [6.07, 6.45) is 11.1. The summed E-state index contributed by atoms with van der Waals surface area (Å²) in [5.74, 6) is 2.68. The van der Waals surface area contributed by atoms with Gasteiger partial charge in [-0.05, 0) is 60.2 Å².